The van der Waals surface area contributed by atoms with Gasteiger partial charge in [0.15, 0.2) is 5.82 Å². The molecule has 0 spiro atoms. The van der Waals surface area contributed by atoms with Crippen molar-refractivity contribution in [2.24, 2.45) is 5.92 Å². The molecule has 0 aromatic carbocycles. The van der Waals surface area contributed by atoms with Crippen LogP contribution in [0.1, 0.15) is 44.5 Å². The van der Waals surface area contributed by atoms with Gasteiger partial charge in [-0.05, 0) is 52.7 Å². The summed E-state index contributed by atoms with van der Waals surface area (Å²) in [6, 6.07) is 0. The van der Waals surface area contributed by atoms with Crippen LogP contribution in [0, 0.1) is 5.92 Å². The first-order valence-electron chi connectivity index (χ1n) is 7.52. The molecule has 1 fully saturated rings. The predicted octanol–water partition coefficient (Wildman–Crippen LogP) is 2.02. The Morgan fingerprint density at radius 2 is 2.33 bits per heavy atom. The van der Waals surface area contributed by atoms with Crippen LogP contribution in [-0.4, -0.2) is 48.3 Å². The largest absolute Gasteiger partial charge is 0.371 e. The molecule has 0 amide bonds. The zero-order chi connectivity index (χ0) is 14.4. The third-order valence-corrected chi connectivity index (χ3v) is 3.64. The molecule has 0 saturated carbocycles. The van der Waals surface area contributed by atoms with Crippen LogP contribution in [0.4, 0.5) is 0 Å². The Morgan fingerprint density at radius 1 is 1.52 bits per heavy atom. The van der Waals surface area contributed by atoms with Gasteiger partial charge in [0.1, 0.15) is 6.10 Å². The molecule has 2 heterocycles. The average molecular weight is 319 g/mol. The SMILES string of the molecule is CCOC(C)c1noc(CN(C)CC2CCCNC2)n1.Cl. The van der Waals surface area contributed by atoms with Crippen molar-refractivity contribution in [3.8, 4) is 0 Å². The van der Waals surface area contributed by atoms with Gasteiger partial charge >= 0.3 is 0 Å². The van der Waals surface area contributed by atoms with Gasteiger partial charge in [0.25, 0.3) is 0 Å². The van der Waals surface area contributed by atoms with Gasteiger partial charge in [-0.15, -0.1) is 12.4 Å². The van der Waals surface area contributed by atoms with E-state index in [1.165, 1.54) is 12.8 Å². The lowest BCUT2D eigenvalue weighted by Crippen LogP contribution is -2.36. The predicted molar refractivity (Wildman–Crippen MR) is 83.5 cm³/mol. The summed E-state index contributed by atoms with van der Waals surface area (Å²) in [5.74, 6) is 2.02. The van der Waals surface area contributed by atoms with Crippen molar-refractivity contribution in [2.75, 3.05) is 33.3 Å². The Hall–Kier alpha value is -0.690. The molecular weight excluding hydrogens is 292 g/mol. The first-order valence-corrected chi connectivity index (χ1v) is 7.52. The molecule has 0 aliphatic carbocycles. The summed E-state index contributed by atoms with van der Waals surface area (Å²) in [5, 5.41) is 7.43. The van der Waals surface area contributed by atoms with Crippen LogP contribution >= 0.6 is 12.4 Å². The Kier molecular flexibility index (Phi) is 8.18. The lowest BCUT2D eigenvalue weighted by molar-refractivity contribution is 0.0683. The summed E-state index contributed by atoms with van der Waals surface area (Å²) in [6.45, 7) is 8.58. The van der Waals surface area contributed by atoms with Gasteiger partial charge in [-0.25, -0.2) is 0 Å². The van der Waals surface area contributed by atoms with Gasteiger partial charge in [0.2, 0.25) is 5.89 Å². The minimum atomic E-state index is -0.106. The van der Waals surface area contributed by atoms with Crippen molar-refractivity contribution in [2.45, 2.75) is 39.3 Å². The lowest BCUT2D eigenvalue weighted by Gasteiger charge is -2.26. The van der Waals surface area contributed by atoms with Crippen LogP contribution in [0.5, 0.6) is 0 Å². The first kappa shape index (κ1) is 18.4. The molecule has 0 bridgehead atoms. The van der Waals surface area contributed by atoms with Crippen LogP contribution in [0.15, 0.2) is 4.52 Å². The number of ether oxygens (including phenoxy) is 1. The number of nitrogens with one attached hydrogen (secondary N) is 1. The lowest BCUT2D eigenvalue weighted by atomic mass is 9.99. The maximum atomic E-state index is 5.46. The van der Waals surface area contributed by atoms with E-state index in [-0.39, 0.29) is 18.5 Å². The second-order valence-corrected chi connectivity index (χ2v) is 5.55. The van der Waals surface area contributed by atoms with Crippen LogP contribution in [0.25, 0.3) is 0 Å². The Morgan fingerprint density at radius 3 is 3.00 bits per heavy atom. The van der Waals surface area contributed by atoms with Crippen LogP contribution < -0.4 is 5.32 Å². The summed E-state index contributed by atoms with van der Waals surface area (Å²) in [4.78, 5) is 6.65. The van der Waals surface area contributed by atoms with Crippen LogP contribution in [0.3, 0.4) is 0 Å². The van der Waals surface area contributed by atoms with E-state index in [0.717, 1.165) is 25.6 Å². The highest BCUT2D eigenvalue weighted by Gasteiger charge is 2.18. The summed E-state index contributed by atoms with van der Waals surface area (Å²) in [5.41, 5.74) is 0. The maximum Gasteiger partial charge on any atom is 0.240 e. The standard InChI is InChI=1S/C14H26N4O2.ClH/c1-4-19-11(2)14-16-13(20-17-14)10-18(3)9-12-6-5-7-15-8-12;/h11-12,15H,4-10H2,1-3H3;1H. The summed E-state index contributed by atoms with van der Waals surface area (Å²) in [6.07, 6.45) is 2.47. The number of halogens is 1. The molecule has 2 rings (SSSR count). The number of rotatable bonds is 7. The van der Waals surface area contributed by atoms with Gasteiger partial charge in [-0.3, -0.25) is 4.90 Å². The van der Waals surface area contributed by atoms with E-state index < -0.39 is 0 Å². The van der Waals surface area contributed by atoms with E-state index >= 15 is 0 Å². The zero-order valence-corrected chi connectivity index (χ0v) is 14.0. The zero-order valence-electron chi connectivity index (χ0n) is 13.2. The van der Waals surface area contributed by atoms with E-state index in [9.17, 15) is 0 Å². The molecule has 1 aromatic heterocycles. The second kappa shape index (κ2) is 9.35. The molecule has 7 heteroatoms. The summed E-state index contributed by atoms with van der Waals surface area (Å²) < 4.78 is 10.8. The third-order valence-electron chi connectivity index (χ3n) is 3.64. The van der Waals surface area contributed by atoms with E-state index in [1.54, 1.807) is 0 Å². The molecule has 2 atom stereocenters. The number of aromatic nitrogens is 2. The van der Waals surface area contributed by atoms with Gasteiger partial charge < -0.3 is 14.6 Å². The Balaban J connectivity index is 0.00000220. The van der Waals surface area contributed by atoms with Crippen LogP contribution in [-0.2, 0) is 11.3 Å². The van der Waals surface area contributed by atoms with E-state index in [1.807, 2.05) is 13.8 Å². The molecule has 1 aliphatic heterocycles. The highest BCUT2D eigenvalue weighted by Crippen LogP contribution is 2.15. The maximum absolute atomic E-state index is 5.46. The summed E-state index contributed by atoms with van der Waals surface area (Å²) >= 11 is 0. The van der Waals surface area contributed by atoms with Gasteiger partial charge in [0, 0.05) is 13.2 Å². The van der Waals surface area contributed by atoms with Crippen molar-refractivity contribution < 1.29 is 9.26 Å². The van der Waals surface area contributed by atoms with Gasteiger partial charge in [0.05, 0.1) is 6.54 Å². The number of nitrogens with zero attached hydrogens (tertiary/aromatic N) is 3. The highest BCUT2D eigenvalue weighted by molar-refractivity contribution is 5.85. The van der Waals surface area contributed by atoms with Crippen molar-refractivity contribution >= 4 is 12.4 Å². The quantitative estimate of drug-likeness (QED) is 0.830. The molecule has 1 saturated heterocycles. The highest BCUT2D eigenvalue weighted by atomic mass is 35.5. The number of hydrogen-bond donors (Lipinski definition) is 1. The Labute approximate surface area is 133 Å². The van der Waals surface area contributed by atoms with Gasteiger partial charge in [-0.2, -0.15) is 4.98 Å². The van der Waals surface area contributed by atoms with Gasteiger partial charge in [-0.1, -0.05) is 5.16 Å². The van der Waals surface area contributed by atoms with E-state index in [4.69, 9.17) is 9.26 Å². The van der Waals surface area contributed by atoms with Crippen molar-refractivity contribution in [1.82, 2.24) is 20.4 Å². The molecule has 1 aliphatic rings. The number of piperidine rings is 1. The smallest absolute Gasteiger partial charge is 0.240 e. The average Bonchev–Trinajstić information content (AvgIpc) is 2.88. The summed E-state index contributed by atoms with van der Waals surface area (Å²) in [7, 11) is 2.10. The number of hydrogen-bond acceptors (Lipinski definition) is 6. The van der Waals surface area contributed by atoms with E-state index in [2.05, 4.69) is 27.4 Å². The molecule has 21 heavy (non-hydrogen) atoms. The minimum Gasteiger partial charge on any atom is -0.371 e. The van der Waals surface area contributed by atoms with Crippen molar-refractivity contribution in [3.63, 3.8) is 0 Å². The molecule has 0 radical (unpaired) electrons. The van der Waals surface area contributed by atoms with Crippen LogP contribution in [0.2, 0.25) is 0 Å². The topological polar surface area (TPSA) is 63.4 Å². The second-order valence-electron chi connectivity index (χ2n) is 5.55. The fourth-order valence-electron chi connectivity index (χ4n) is 2.64. The van der Waals surface area contributed by atoms with Crippen molar-refractivity contribution in [3.05, 3.63) is 11.7 Å². The fourth-order valence-corrected chi connectivity index (χ4v) is 2.64. The normalized spacial score (nSPS) is 20.3. The minimum absolute atomic E-state index is 0. The van der Waals surface area contributed by atoms with Crippen molar-refractivity contribution in [1.29, 1.82) is 0 Å². The molecule has 6 nitrogen and oxygen atoms in total. The third kappa shape index (κ3) is 5.90. The molecule has 2 unspecified atom stereocenters. The molecule has 122 valence electrons. The Bertz CT molecular complexity index is 396. The van der Waals surface area contributed by atoms with E-state index in [0.29, 0.717) is 24.9 Å². The molecular formula is C14H27ClN4O2. The molecule has 1 aromatic rings. The molecule has 1 N–H and O–H groups in total. The first-order chi connectivity index (χ1) is 9.69. The fraction of sp³-hybridized carbons (Fsp3) is 0.857. The monoisotopic (exact) mass is 318 g/mol.